The van der Waals surface area contributed by atoms with Crippen molar-refractivity contribution in [1.29, 1.82) is 0 Å². The summed E-state index contributed by atoms with van der Waals surface area (Å²) >= 11 is 0. The average Bonchev–Trinajstić information content (AvgIpc) is 3.35. The van der Waals surface area contributed by atoms with Gasteiger partial charge in [-0.3, -0.25) is 14.4 Å². The number of carboxylic acid groups (broad SMARTS) is 1. The summed E-state index contributed by atoms with van der Waals surface area (Å²) in [5.41, 5.74) is -1.05. The van der Waals surface area contributed by atoms with E-state index < -0.39 is 65.5 Å². The predicted molar refractivity (Wildman–Crippen MR) is 175 cm³/mol. The minimum atomic E-state index is -1.79. The van der Waals surface area contributed by atoms with E-state index >= 15 is 0 Å². The predicted octanol–water partition coefficient (Wildman–Crippen LogP) is 5.71. The molecule has 0 aromatic rings. The molecule has 10 nitrogen and oxygen atoms in total. The highest BCUT2D eigenvalue weighted by Gasteiger charge is 2.69. The molecule has 3 N–H and O–H groups in total. The summed E-state index contributed by atoms with van der Waals surface area (Å²) in [6.07, 6.45) is 3.32. The Labute approximate surface area is 285 Å². The van der Waals surface area contributed by atoms with E-state index in [0.717, 1.165) is 38.5 Å². The van der Waals surface area contributed by atoms with E-state index in [1.54, 1.807) is 0 Å². The van der Waals surface area contributed by atoms with E-state index in [0.29, 0.717) is 12.8 Å². The van der Waals surface area contributed by atoms with Crippen molar-refractivity contribution in [1.82, 2.24) is 0 Å². The number of carboxylic acids is 1. The first-order chi connectivity index (χ1) is 22.1. The molecule has 0 amide bonds. The molecular weight excluding hydrogens is 616 g/mol. The number of carbonyl (C=O) groups excluding carboxylic acids is 2. The Morgan fingerprint density at radius 2 is 1.65 bits per heavy atom. The summed E-state index contributed by atoms with van der Waals surface area (Å²) in [4.78, 5) is 37.0. The van der Waals surface area contributed by atoms with Crippen LogP contribution in [0.1, 0.15) is 127 Å². The summed E-state index contributed by atoms with van der Waals surface area (Å²) in [7, 11) is 0. The van der Waals surface area contributed by atoms with Crippen LogP contribution in [0.5, 0.6) is 0 Å². The van der Waals surface area contributed by atoms with Gasteiger partial charge in [0.2, 0.25) is 0 Å². The highest BCUT2D eigenvalue weighted by molar-refractivity contribution is 5.74. The maximum atomic E-state index is 13.3. The van der Waals surface area contributed by atoms with Gasteiger partial charge in [-0.1, -0.05) is 45.8 Å². The number of rotatable bonds is 7. The summed E-state index contributed by atoms with van der Waals surface area (Å²) in [5.74, 6) is -1.85. The summed E-state index contributed by atoms with van der Waals surface area (Å²) in [5, 5.41) is 32.2. The number of carbonyl (C=O) groups is 3. The molecule has 4 aliphatic carbocycles. The lowest BCUT2D eigenvalue weighted by Crippen LogP contribution is -2.63. The first-order valence-corrected chi connectivity index (χ1v) is 18.1. The molecule has 2 saturated carbocycles. The highest BCUT2D eigenvalue weighted by Crippen LogP contribution is 2.73. The van der Waals surface area contributed by atoms with Crippen LogP contribution in [0.25, 0.3) is 0 Å². The zero-order valence-electron chi connectivity index (χ0n) is 30.4. The zero-order chi connectivity index (χ0) is 35.4. The smallest absolute Gasteiger partial charge is 0.309 e. The topological polar surface area (TPSA) is 149 Å². The van der Waals surface area contributed by atoms with Gasteiger partial charge in [-0.2, -0.15) is 0 Å². The number of aliphatic carboxylic acids is 1. The largest absolute Gasteiger partial charge is 0.481 e. The number of aliphatic hydroxyl groups is 2. The number of hydrogen-bond acceptors (Lipinski definition) is 9. The molecule has 2 bridgehead atoms. The monoisotopic (exact) mass is 674 g/mol. The second-order valence-electron chi connectivity index (χ2n) is 18.2. The molecule has 6 rings (SSSR count). The minimum Gasteiger partial charge on any atom is -0.481 e. The van der Waals surface area contributed by atoms with Crippen LogP contribution in [-0.4, -0.2) is 75.1 Å². The van der Waals surface area contributed by atoms with Crippen LogP contribution in [0.3, 0.4) is 0 Å². The molecule has 2 saturated heterocycles. The molecule has 4 fully saturated rings. The van der Waals surface area contributed by atoms with Crippen molar-refractivity contribution in [3.63, 3.8) is 0 Å². The van der Waals surface area contributed by atoms with Crippen molar-refractivity contribution in [3.05, 3.63) is 11.1 Å². The molecule has 0 spiro atoms. The maximum Gasteiger partial charge on any atom is 0.309 e. The van der Waals surface area contributed by atoms with Crippen LogP contribution in [0.15, 0.2) is 11.1 Å². The lowest BCUT2D eigenvalue weighted by molar-refractivity contribution is -0.209. The molecule has 2 aliphatic heterocycles. The molecule has 10 heteroatoms. The Bertz CT molecular complexity index is 1380. The number of allylic oxidation sites excluding steroid dienone is 1. The maximum absolute atomic E-state index is 13.3. The van der Waals surface area contributed by atoms with E-state index in [4.69, 9.17) is 18.9 Å². The summed E-state index contributed by atoms with van der Waals surface area (Å²) in [6.45, 7) is 17.9. The van der Waals surface area contributed by atoms with Gasteiger partial charge in [0.25, 0.3) is 0 Å². The van der Waals surface area contributed by atoms with Crippen molar-refractivity contribution >= 4 is 17.9 Å². The van der Waals surface area contributed by atoms with E-state index in [2.05, 4.69) is 48.5 Å². The lowest BCUT2D eigenvalue weighted by Gasteiger charge is -2.64. The number of ether oxygens (including phenoxy) is 4. The van der Waals surface area contributed by atoms with Crippen molar-refractivity contribution in [3.8, 4) is 0 Å². The number of hydrogen-bond donors (Lipinski definition) is 3. The van der Waals surface area contributed by atoms with Crippen molar-refractivity contribution < 1.29 is 48.7 Å². The van der Waals surface area contributed by atoms with E-state index in [1.165, 1.54) is 25.0 Å². The molecular formula is C38H58O10. The third kappa shape index (κ3) is 5.37. The summed E-state index contributed by atoms with van der Waals surface area (Å²) < 4.78 is 24.9. The van der Waals surface area contributed by atoms with Gasteiger partial charge in [-0.05, 0) is 94.8 Å². The van der Waals surface area contributed by atoms with Gasteiger partial charge in [0.1, 0.15) is 12.2 Å². The first kappa shape index (κ1) is 35.8. The molecule has 0 radical (unpaired) electrons. The van der Waals surface area contributed by atoms with E-state index in [9.17, 15) is 29.7 Å². The van der Waals surface area contributed by atoms with Crippen LogP contribution in [-0.2, 0) is 33.3 Å². The SMILES string of the molecule is CC(=O)OC1C(OC(=O)CC(C)(O)CC(=O)O)CC2(C)C3=C(CCC2C1(C)C)C1(C)CCC(C2CCC4OC2OC4(C)C)C1(C)C(O)C3. The Morgan fingerprint density at radius 3 is 2.29 bits per heavy atom. The molecule has 12 atom stereocenters. The molecule has 270 valence electrons. The molecule has 12 unspecified atom stereocenters. The third-order valence-corrected chi connectivity index (χ3v) is 14.5. The molecule has 48 heavy (non-hydrogen) atoms. The second-order valence-corrected chi connectivity index (χ2v) is 18.2. The average molecular weight is 675 g/mol. The van der Waals surface area contributed by atoms with Gasteiger partial charge in [0.15, 0.2) is 6.29 Å². The third-order valence-electron chi connectivity index (χ3n) is 14.5. The normalized spacial score (nSPS) is 45.3. The van der Waals surface area contributed by atoms with Crippen LogP contribution >= 0.6 is 0 Å². The standard InChI is InChI=1S/C38H58O10/c1-20(39)45-31-25(46-30(43)19-35(6,44)18-29(41)42)17-36(7)24-16-27(40)38(9)22(21-10-13-28-34(4,5)48-32(21)47-28)14-15-37(38,8)23(24)11-12-26(36)33(31,2)3/h21-22,25-28,31-32,40,44H,10-19H2,1-9H3,(H,41,42). The fourth-order valence-corrected chi connectivity index (χ4v) is 12.1. The van der Waals surface area contributed by atoms with Gasteiger partial charge in [-0.15, -0.1) is 0 Å². The molecule has 6 aliphatic rings. The van der Waals surface area contributed by atoms with Gasteiger partial charge >= 0.3 is 17.9 Å². The van der Waals surface area contributed by atoms with Gasteiger partial charge in [0, 0.05) is 23.7 Å². The Kier molecular flexibility index (Phi) is 8.58. The number of aliphatic hydroxyl groups excluding tert-OH is 1. The van der Waals surface area contributed by atoms with Crippen LogP contribution in [0.2, 0.25) is 0 Å². The summed E-state index contributed by atoms with van der Waals surface area (Å²) in [6, 6.07) is 0. The second kappa shape index (κ2) is 11.5. The highest BCUT2D eigenvalue weighted by atomic mass is 16.7. The quantitative estimate of drug-likeness (QED) is 0.227. The van der Waals surface area contributed by atoms with Gasteiger partial charge in [-0.25, -0.2) is 0 Å². The number of esters is 2. The zero-order valence-corrected chi connectivity index (χ0v) is 30.4. The fourth-order valence-electron chi connectivity index (χ4n) is 12.1. The molecule has 2 heterocycles. The van der Waals surface area contributed by atoms with Gasteiger partial charge < -0.3 is 34.3 Å². The molecule has 0 aromatic heterocycles. The van der Waals surface area contributed by atoms with Crippen LogP contribution < -0.4 is 0 Å². The van der Waals surface area contributed by atoms with Crippen molar-refractivity contribution in [2.75, 3.05) is 0 Å². The van der Waals surface area contributed by atoms with Crippen molar-refractivity contribution in [2.24, 2.45) is 39.4 Å². The van der Waals surface area contributed by atoms with Crippen LogP contribution in [0.4, 0.5) is 0 Å². The van der Waals surface area contributed by atoms with Gasteiger partial charge in [0.05, 0.1) is 36.3 Å². The lowest BCUT2D eigenvalue weighted by atomic mass is 9.42. The van der Waals surface area contributed by atoms with E-state index in [1.807, 2.05) is 0 Å². The Balaban J connectivity index is 1.34. The first-order valence-electron chi connectivity index (χ1n) is 18.1. The van der Waals surface area contributed by atoms with Crippen molar-refractivity contribution in [2.45, 2.75) is 168 Å². The molecule has 0 aromatic carbocycles. The fraction of sp³-hybridized carbons (Fsp3) is 0.868. The number of fused-ring (bicyclic) bond motifs is 6. The Morgan fingerprint density at radius 1 is 0.958 bits per heavy atom. The van der Waals surface area contributed by atoms with Crippen LogP contribution in [0, 0.1) is 39.4 Å². The van der Waals surface area contributed by atoms with E-state index in [-0.39, 0.29) is 46.6 Å². The Hall–Kier alpha value is -2.01. The minimum absolute atomic E-state index is 0.0910.